The zero-order valence-electron chi connectivity index (χ0n) is 14.7. The van der Waals surface area contributed by atoms with E-state index < -0.39 is 0 Å². The third-order valence-electron chi connectivity index (χ3n) is 4.89. The van der Waals surface area contributed by atoms with Crippen molar-refractivity contribution in [2.24, 2.45) is 0 Å². The fourth-order valence-corrected chi connectivity index (χ4v) is 3.74. The molecule has 5 heteroatoms. The van der Waals surface area contributed by atoms with Crippen molar-refractivity contribution in [2.45, 2.75) is 19.3 Å². The third-order valence-corrected chi connectivity index (χ3v) is 4.89. The number of para-hydroxylation sites is 1. The maximum Gasteiger partial charge on any atom is 0.336 e. The molecular formula is C21H19NO4. The van der Waals surface area contributed by atoms with Crippen molar-refractivity contribution in [3.05, 3.63) is 70.9 Å². The minimum atomic E-state index is -0.360. The molecule has 2 aromatic rings. The molecule has 2 aliphatic rings. The molecule has 0 unspecified atom stereocenters. The van der Waals surface area contributed by atoms with E-state index in [2.05, 4.69) is 0 Å². The minimum absolute atomic E-state index is 0.0523. The van der Waals surface area contributed by atoms with Gasteiger partial charge < -0.3 is 9.47 Å². The second-order valence-corrected chi connectivity index (χ2v) is 6.50. The molecule has 0 saturated carbocycles. The Morgan fingerprint density at radius 1 is 1.12 bits per heavy atom. The summed E-state index contributed by atoms with van der Waals surface area (Å²) in [5, 5.41) is 0. The number of benzene rings is 2. The van der Waals surface area contributed by atoms with Crippen LogP contribution in [0.1, 0.15) is 23.5 Å². The highest BCUT2D eigenvalue weighted by Gasteiger charge is 2.43. The van der Waals surface area contributed by atoms with Crippen molar-refractivity contribution in [1.29, 1.82) is 0 Å². The zero-order valence-corrected chi connectivity index (χ0v) is 14.7. The van der Waals surface area contributed by atoms with E-state index in [0.29, 0.717) is 17.0 Å². The molecule has 0 N–H and O–H groups in total. The predicted octanol–water partition coefficient (Wildman–Crippen LogP) is 3.34. The Morgan fingerprint density at radius 3 is 2.69 bits per heavy atom. The Bertz CT molecular complexity index is 931. The number of carbonyl (C=O) groups excluding carboxylic acids is 2. The Hall–Kier alpha value is -3.08. The lowest BCUT2D eigenvalue weighted by atomic mass is 9.83. The maximum atomic E-state index is 13.0. The molecule has 0 radical (unpaired) electrons. The van der Waals surface area contributed by atoms with Crippen LogP contribution in [0, 0.1) is 6.92 Å². The third kappa shape index (κ3) is 2.56. The van der Waals surface area contributed by atoms with Crippen LogP contribution < -0.4 is 9.64 Å². The largest absolute Gasteiger partial charge is 0.496 e. The van der Waals surface area contributed by atoms with Crippen LogP contribution in [0.3, 0.4) is 0 Å². The molecule has 1 atom stereocenters. The van der Waals surface area contributed by atoms with Crippen LogP contribution >= 0.6 is 0 Å². The number of aryl methyl sites for hydroxylation is 1. The summed E-state index contributed by atoms with van der Waals surface area (Å²) >= 11 is 0. The number of cyclic esters (lactones) is 1. The van der Waals surface area contributed by atoms with Crippen molar-refractivity contribution in [2.75, 3.05) is 18.6 Å². The lowest BCUT2D eigenvalue weighted by Gasteiger charge is -2.32. The van der Waals surface area contributed by atoms with Gasteiger partial charge in [-0.15, -0.1) is 0 Å². The van der Waals surface area contributed by atoms with E-state index in [9.17, 15) is 9.59 Å². The minimum Gasteiger partial charge on any atom is -0.496 e. The molecular weight excluding hydrogens is 330 g/mol. The number of methoxy groups -OCH3 is 1. The van der Waals surface area contributed by atoms with Gasteiger partial charge in [0, 0.05) is 23.6 Å². The zero-order chi connectivity index (χ0) is 18.3. The Balaban J connectivity index is 1.86. The van der Waals surface area contributed by atoms with Gasteiger partial charge in [0.2, 0.25) is 5.91 Å². The smallest absolute Gasteiger partial charge is 0.336 e. The normalized spacial score (nSPS) is 19.5. The van der Waals surface area contributed by atoms with Gasteiger partial charge in [-0.3, -0.25) is 9.69 Å². The number of carbonyl (C=O) groups is 2. The fraction of sp³-hybridized carbons (Fsp3) is 0.238. The lowest BCUT2D eigenvalue weighted by Crippen LogP contribution is -2.37. The molecule has 5 nitrogen and oxygen atoms in total. The van der Waals surface area contributed by atoms with Gasteiger partial charge in [0.1, 0.15) is 12.4 Å². The van der Waals surface area contributed by atoms with E-state index in [1.54, 1.807) is 12.0 Å². The SMILES string of the molecule is COc1ccccc1[C@@H]1CC(=O)N(c2cccc(C)c2)C2=C1C(=O)OC2. The van der Waals surface area contributed by atoms with E-state index in [0.717, 1.165) is 16.8 Å². The number of amides is 1. The van der Waals surface area contributed by atoms with E-state index in [4.69, 9.17) is 9.47 Å². The molecule has 0 saturated heterocycles. The summed E-state index contributed by atoms with van der Waals surface area (Å²) in [4.78, 5) is 27.1. The van der Waals surface area contributed by atoms with Crippen molar-refractivity contribution >= 4 is 17.6 Å². The van der Waals surface area contributed by atoms with Gasteiger partial charge in [0.15, 0.2) is 0 Å². The van der Waals surface area contributed by atoms with Crippen LogP contribution in [0.25, 0.3) is 0 Å². The molecule has 0 fully saturated rings. The molecule has 2 aromatic carbocycles. The first kappa shape index (κ1) is 16.4. The van der Waals surface area contributed by atoms with Crippen molar-refractivity contribution < 1.29 is 19.1 Å². The van der Waals surface area contributed by atoms with Gasteiger partial charge in [-0.05, 0) is 30.7 Å². The quantitative estimate of drug-likeness (QED) is 0.798. The first-order valence-corrected chi connectivity index (χ1v) is 8.53. The van der Waals surface area contributed by atoms with Crippen molar-refractivity contribution in [3.63, 3.8) is 0 Å². The fourth-order valence-electron chi connectivity index (χ4n) is 3.74. The van der Waals surface area contributed by atoms with E-state index in [1.165, 1.54) is 0 Å². The summed E-state index contributed by atoms with van der Waals surface area (Å²) in [6, 6.07) is 15.2. The van der Waals surface area contributed by atoms with Crippen LogP contribution in [-0.4, -0.2) is 25.6 Å². The van der Waals surface area contributed by atoms with Crippen LogP contribution in [0.2, 0.25) is 0 Å². The second-order valence-electron chi connectivity index (χ2n) is 6.50. The number of hydrogen-bond donors (Lipinski definition) is 0. The van der Waals surface area contributed by atoms with E-state index >= 15 is 0 Å². The molecule has 1 amide bonds. The molecule has 2 aliphatic heterocycles. The van der Waals surface area contributed by atoms with Gasteiger partial charge in [0.25, 0.3) is 0 Å². The Labute approximate surface area is 151 Å². The average molecular weight is 349 g/mol. The van der Waals surface area contributed by atoms with Crippen LogP contribution in [0.15, 0.2) is 59.8 Å². The van der Waals surface area contributed by atoms with Gasteiger partial charge in [-0.25, -0.2) is 4.79 Å². The lowest BCUT2D eigenvalue weighted by molar-refractivity contribution is -0.136. The summed E-state index contributed by atoms with van der Waals surface area (Å²) in [5.74, 6) is -0.102. The molecule has 132 valence electrons. The number of nitrogens with zero attached hydrogens (tertiary/aromatic N) is 1. The number of rotatable bonds is 3. The number of ether oxygens (including phenoxy) is 2. The highest BCUT2D eigenvalue weighted by Crippen LogP contribution is 2.44. The molecule has 2 heterocycles. The monoisotopic (exact) mass is 349 g/mol. The first-order chi connectivity index (χ1) is 12.6. The molecule has 0 aromatic heterocycles. The number of anilines is 1. The Morgan fingerprint density at radius 2 is 1.92 bits per heavy atom. The van der Waals surface area contributed by atoms with E-state index in [1.807, 2.05) is 55.5 Å². The van der Waals surface area contributed by atoms with Crippen LogP contribution in [-0.2, 0) is 14.3 Å². The Kier molecular flexibility index (Phi) is 3.99. The van der Waals surface area contributed by atoms with Gasteiger partial charge in [0.05, 0.1) is 18.4 Å². The number of hydrogen-bond acceptors (Lipinski definition) is 4. The standard InChI is InChI=1S/C21H19NO4/c1-13-6-5-7-14(10-13)22-17-12-26-21(24)20(17)16(11-19(22)23)15-8-3-4-9-18(15)25-2/h3-10,16H,11-12H2,1-2H3/t16-/m0/s1. The van der Waals surface area contributed by atoms with Gasteiger partial charge in [-0.2, -0.15) is 0 Å². The molecule has 26 heavy (non-hydrogen) atoms. The highest BCUT2D eigenvalue weighted by molar-refractivity contribution is 6.06. The summed E-state index contributed by atoms with van der Waals surface area (Å²) in [5.41, 5.74) is 3.83. The van der Waals surface area contributed by atoms with E-state index in [-0.39, 0.29) is 30.8 Å². The van der Waals surface area contributed by atoms with Crippen LogP contribution in [0.5, 0.6) is 5.75 Å². The van der Waals surface area contributed by atoms with Crippen molar-refractivity contribution in [3.8, 4) is 5.75 Å². The number of esters is 1. The van der Waals surface area contributed by atoms with Crippen molar-refractivity contribution in [1.82, 2.24) is 0 Å². The summed E-state index contributed by atoms with van der Waals surface area (Å²) < 4.78 is 10.8. The summed E-state index contributed by atoms with van der Waals surface area (Å²) in [7, 11) is 1.59. The topological polar surface area (TPSA) is 55.8 Å². The van der Waals surface area contributed by atoms with Gasteiger partial charge >= 0.3 is 5.97 Å². The van der Waals surface area contributed by atoms with Gasteiger partial charge in [-0.1, -0.05) is 30.3 Å². The maximum absolute atomic E-state index is 13.0. The summed E-state index contributed by atoms with van der Waals surface area (Å²) in [6.45, 7) is 2.08. The molecule has 0 spiro atoms. The second kappa shape index (κ2) is 6.33. The molecule has 0 bridgehead atoms. The molecule has 0 aliphatic carbocycles. The average Bonchev–Trinajstić information content (AvgIpc) is 3.02. The molecule has 4 rings (SSSR count). The highest BCUT2D eigenvalue weighted by atomic mass is 16.5. The first-order valence-electron chi connectivity index (χ1n) is 8.53. The summed E-state index contributed by atoms with van der Waals surface area (Å²) in [6.07, 6.45) is 0.197. The van der Waals surface area contributed by atoms with Crippen LogP contribution in [0.4, 0.5) is 5.69 Å². The predicted molar refractivity (Wildman–Crippen MR) is 97.0 cm³/mol.